The molecule has 23 heavy (non-hydrogen) atoms. The van der Waals surface area contributed by atoms with Gasteiger partial charge in [-0.2, -0.15) is 0 Å². The van der Waals surface area contributed by atoms with Crippen LogP contribution < -0.4 is 9.64 Å². The molecule has 0 N–H and O–H groups in total. The summed E-state index contributed by atoms with van der Waals surface area (Å²) in [5, 5.41) is 11.0. The Hall–Kier alpha value is -1.76. The summed E-state index contributed by atoms with van der Waals surface area (Å²) in [6.45, 7) is 4.72. The van der Waals surface area contributed by atoms with Gasteiger partial charge in [0.25, 0.3) is 0 Å². The minimum atomic E-state index is 0.573. The summed E-state index contributed by atoms with van der Waals surface area (Å²) in [6.07, 6.45) is 8.19. The Kier molecular flexibility index (Phi) is 4.11. The molecule has 1 aliphatic carbocycles. The minimum Gasteiger partial charge on any atom is -0.476 e. The average molecular weight is 331 g/mol. The molecule has 0 radical (unpaired) electrons. The first-order chi connectivity index (χ1) is 11.3. The highest BCUT2D eigenvalue weighted by molar-refractivity contribution is 7.15. The van der Waals surface area contributed by atoms with E-state index in [9.17, 15) is 0 Å². The number of aryl methyl sites for hydroxylation is 1. The lowest BCUT2D eigenvalue weighted by Gasteiger charge is -2.31. The van der Waals surface area contributed by atoms with E-state index in [2.05, 4.69) is 25.1 Å². The molecular weight excluding hydrogens is 310 g/mol. The molecular formula is C16H21N5OS. The first-order valence-corrected chi connectivity index (χ1v) is 9.10. The summed E-state index contributed by atoms with van der Waals surface area (Å²) in [5.74, 6) is 1.93. The van der Waals surface area contributed by atoms with Crippen molar-refractivity contribution in [2.75, 3.05) is 24.6 Å². The van der Waals surface area contributed by atoms with Crippen LogP contribution in [0.3, 0.4) is 0 Å². The van der Waals surface area contributed by atoms with Crippen LogP contribution >= 0.6 is 11.3 Å². The molecule has 122 valence electrons. The molecule has 1 saturated carbocycles. The van der Waals surface area contributed by atoms with Gasteiger partial charge < -0.3 is 9.64 Å². The monoisotopic (exact) mass is 331 g/mol. The third-order valence-electron chi connectivity index (χ3n) is 4.53. The maximum atomic E-state index is 5.84. The molecule has 2 aliphatic rings. The van der Waals surface area contributed by atoms with Crippen molar-refractivity contribution in [1.82, 2.24) is 20.2 Å². The third kappa shape index (κ3) is 3.44. The van der Waals surface area contributed by atoms with Crippen LogP contribution in [0.2, 0.25) is 0 Å². The maximum Gasteiger partial charge on any atom is 0.235 e. The first-order valence-electron chi connectivity index (χ1n) is 8.28. The summed E-state index contributed by atoms with van der Waals surface area (Å²) in [4.78, 5) is 10.8. The van der Waals surface area contributed by atoms with Crippen molar-refractivity contribution in [3.8, 4) is 5.88 Å². The molecule has 1 saturated heterocycles. The zero-order valence-electron chi connectivity index (χ0n) is 13.3. The Balaban J connectivity index is 1.28. The lowest BCUT2D eigenvalue weighted by atomic mass is 9.98. The molecule has 0 aromatic carbocycles. The van der Waals surface area contributed by atoms with Gasteiger partial charge in [-0.25, -0.2) is 4.98 Å². The second kappa shape index (κ2) is 6.39. The second-order valence-corrected chi connectivity index (χ2v) is 7.37. The van der Waals surface area contributed by atoms with Crippen molar-refractivity contribution in [3.05, 3.63) is 23.1 Å². The summed E-state index contributed by atoms with van der Waals surface area (Å²) in [5.41, 5.74) is 0.853. The molecule has 0 unspecified atom stereocenters. The highest BCUT2D eigenvalue weighted by Gasteiger charge is 2.29. The normalized spacial score (nSPS) is 19.1. The van der Waals surface area contributed by atoms with Crippen LogP contribution in [0.5, 0.6) is 5.88 Å². The second-order valence-electron chi connectivity index (χ2n) is 6.39. The Morgan fingerprint density at radius 2 is 1.91 bits per heavy atom. The van der Waals surface area contributed by atoms with Crippen LogP contribution in [-0.2, 0) is 0 Å². The average Bonchev–Trinajstić information content (AvgIpc) is 3.32. The molecule has 6 nitrogen and oxygen atoms in total. The SMILES string of the molecule is Cc1nccnc1OCC1CCN(c2nnc(C3CC3)s2)CC1. The number of hydrogen-bond acceptors (Lipinski definition) is 7. The number of piperidine rings is 1. The number of rotatable bonds is 5. The van der Waals surface area contributed by atoms with Crippen LogP contribution in [-0.4, -0.2) is 39.9 Å². The van der Waals surface area contributed by atoms with Crippen molar-refractivity contribution in [2.24, 2.45) is 5.92 Å². The van der Waals surface area contributed by atoms with Gasteiger partial charge in [-0.05, 0) is 38.5 Å². The Morgan fingerprint density at radius 1 is 1.13 bits per heavy atom. The fourth-order valence-electron chi connectivity index (χ4n) is 2.87. The van der Waals surface area contributed by atoms with Gasteiger partial charge in [0.1, 0.15) is 5.01 Å². The highest BCUT2D eigenvalue weighted by Crippen LogP contribution is 2.42. The largest absolute Gasteiger partial charge is 0.476 e. The van der Waals surface area contributed by atoms with Gasteiger partial charge in [0.2, 0.25) is 11.0 Å². The maximum absolute atomic E-state index is 5.84. The topological polar surface area (TPSA) is 64.0 Å². The van der Waals surface area contributed by atoms with E-state index in [-0.39, 0.29) is 0 Å². The van der Waals surface area contributed by atoms with Gasteiger partial charge in [0.15, 0.2) is 0 Å². The third-order valence-corrected chi connectivity index (χ3v) is 5.68. The fraction of sp³-hybridized carbons (Fsp3) is 0.625. The Labute approximate surface area is 139 Å². The molecule has 0 atom stereocenters. The Morgan fingerprint density at radius 3 is 2.65 bits per heavy atom. The van der Waals surface area contributed by atoms with Crippen LogP contribution in [0.15, 0.2) is 12.4 Å². The highest BCUT2D eigenvalue weighted by atomic mass is 32.1. The van der Waals surface area contributed by atoms with Gasteiger partial charge >= 0.3 is 0 Å². The van der Waals surface area contributed by atoms with Gasteiger partial charge in [0.05, 0.1) is 12.3 Å². The van der Waals surface area contributed by atoms with Crippen LogP contribution in [0.1, 0.15) is 42.3 Å². The molecule has 2 aromatic heterocycles. The van der Waals surface area contributed by atoms with E-state index >= 15 is 0 Å². The van der Waals surface area contributed by atoms with Crippen LogP contribution in [0, 0.1) is 12.8 Å². The van der Waals surface area contributed by atoms with E-state index in [0.717, 1.165) is 43.4 Å². The molecule has 4 rings (SSSR count). The summed E-state index contributed by atoms with van der Waals surface area (Å²) < 4.78 is 5.84. The van der Waals surface area contributed by atoms with Gasteiger partial charge in [-0.1, -0.05) is 11.3 Å². The smallest absolute Gasteiger partial charge is 0.235 e. The molecule has 0 spiro atoms. The van der Waals surface area contributed by atoms with Gasteiger partial charge in [0, 0.05) is 31.4 Å². The number of anilines is 1. The number of aromatic nitrogens is 4. The van der Waals surface area contributed by atoms with E-state index in [4.69, 9.17) is 4.74 Å². The molecule has 0 bridgehead atoms. The van der Waals surface area contributed by atoms with Crippen molar-refractivity contribution >= 4 is 16.5 Å². The molecule has 2 aromatic rings. The van der Waals surface area contributed by atoms with Gasteiger partial charge in [-0.3, -0.25) is 4.98 Å². The Bertz CT molecular complexity index is 664. The predicted molar refractivity (Wildman–Crippen MR) is 89.1 cm³/mol. The zero-order valence-corrected chi connectivity index (χ0v) is 14.1. The van der Waals surface area contributed by atoms with Crippen LogP contribution in [0.25, 0.3) is 0 Å². The molecule has 1 aliphatic heterocycles. The minimum absolute atomic E-state index is 0.573. The summed E-state index contributed by atoms with van der Waals surface area (Å²) >= 11 is 1.78. The standard InChI is InChI=1S/C16H21N5OS/c1-11-14(18-7-6-17-11)22-10-12-4-8-21(9-5-12)16-20-19-15(23-16)13-2-3-13/h6-7,12-13H,2-5,8-10H2,1H3. The summed E-state index contributed by atoms with van der Waals surface area (Å²) in [6, 6.07) is 0. The van der Waals surface area contributed by atoms with Crippen molar-refractivity contribution < 1.29 is 4.74 Å². The fourth-order valence-corrected chi connectivity index (χ4v) is 3.94. The first kappa shape index (κ1) is 14.8. The van der Waals surface area contributed by atoms with Crippen molar-refractivity contribution in [1.29, 1.82) is 0 Å². The molecule has 7 heteroatoms. The number of nitrogens with zero attached hydrogens (tertiary/aromatic N) is 5. The summed E-state index contributed by atoms with van der Waals surface area (Å²) in [7, 11) is 0. The van der Waals surface area contributed by atoms with E-state index in [1.807, 2.05) is 6.92 Å². The molecule has 2 fully saturated rings. The molecule has 3 heterocycles. The van der Waals surface area contributed by atoms with Gasteiger partial charge in [-0.15, -0.1) is 10.2 Å². The van der Waals surface area contributed by atoms with Crippen molar-refractivity contribution in [2.45, 2.75) is 38.5 Å². The van der Waals surface area contributed by atoms with E-state index in [0.29, 0.717) is 17.7 Å². The van der Waals surface area contributed by atoms with E-state index in [1.54, 1.807) is 23.7 Å². The van der Waals surface area contributed by atoms with E-state index in [1.165, 1.54) is 17.8 Å². The number of ether oxygens (including phenoxy) is 1. The van der Waals surface area contributed by atoms with Crippen LogP contribution in [0.4, 0.5) is 5.13 Å². The zero-order chi connectivity index (χ0) is 15.6. The van der Waals surface area contributed by atoms with Crippen molar-refractivity contribution in [3.63, 3.8) is 0 Å². The van der Waals surface area contributed by atoms with E-state index < -0.39 is 0 Å². The number of hydrogen-bond donors (Lipinski definition) is 0. The quantitative estimate of drug-likeness (QED) is 0.839. The predicted octanol–water partition coefficient (Wildman–Crippen LogP) is 2.81. The molecule has 0 amide bonds. The lowest BCUT2D eigenvalue weighted by Crippen LogP contribution is -2.35. The lowest BCUT2D eigenvalue weighted by molar-refractivity contribution is 0.214.